The first-order chi connectivity index (χ1) is 8.00. The molecule has 5 heteroatoms. The molecule has 0 fully saturated rings. The molecule has 94 valence electrons. The minimum absolute atomic E-state index is 0.0388. The van der Waals surface area contributed by atoms with Crippen LogP contribution in [0.1, 0.15) is 12.0 Å². The topological polar surface area (TPSA) is 29.5 Å². The number of benzene rings is 1. The first-order valence-electron chi connectivity index (χ1n) is 5.01. The fourth-order valence-corrected chi connectivity index (χ4v) is 1.55. The van der Waals surface area contributed by atoms with E-state index in [4.69, 9.17) is 5.11 Å². The highest BCUT2D eigenvalue weighted by atomic mass is 19.4. The normalized spacial score (nSPS) is 13.2. The van der Waals surface area contributed by atoms with Crippen LogP contribution in [0.15, 0.2) is 36.1 Å². The summed E-state index contributed by atoms with van der Waals surface area (Å²) >= 11 is 0. The zero-order valence-corrected chi connectivity index (χ0v) is 9.29. The van der Waals surface area contributed by atoms with Gasteiger partial charge in [0, 0.05) is 12.2 Å². The van der Waals surface area contributed by atoms with Gasteiger partial charge in [0.25, 0.3) is 0 Å². The molecule has 0 radical (unpaired) electrons. The van der Waals surface area contributed by atoms with E-state index in [0.29, 0.717) is 5.56 Å². The van der Waals surface area contributed by atoms with Crippen LogP contribution >= 0.6 is 0 Å². The molecular weight excluding hydrogens is 233 g/mol. The lowest BCUT2D eigenvalue weighted by Crippen LogP contribution is -2.16. The number of hydrogen-bond acceptors (Lipinski definition) is 2. The van der Waals surface area contributed by atoms with Gasteiger partial charge in [0.2, 0.25) is 5.76 Å². The van der Waals surface area contributed by atoms with Gasteiger partial charge < -0.3 is 9.84 Å². The van der Waals surface area contributed by atoms with Crippen molar-refractivity contribution in [2.45, 2.75) is 12.6 Å². The van der Waals surface area contributed by atoms with Gasteiger partial charge >= 0.3 is 6.18 Å². The Kier molecular flexibility index (Phi) is 4.57. The molecule has 0 spiro atoms. The predicted molar refractivity (Wildman–Crippen MR) is 58.1 cm³/mol. The molecule has 17 heavy (non-hydrogen) atoms. The van der Waals surface area contributed by atoms with Gasteiger partial charge in [-0.3, -0.25) is 0 Å². The fourth-order valence-electron chi connectivity index (χ4n) is 1.55. The summed E-state index contributed by atoms with van der Waals surface area (Å²) < 4.78 is 42.6. The van der Waals surface area contributed by atoms with Gasteiger partial charge in [0.05, 0.1) is 7.11 Å². The van der Waals surface area contributed by atoms with E-state index in [1.54, 1.807) is 30.3 Å². The predicted octanol–water partition coefficient (Wildman–Crippen LogP) is 2.99. The van der Waals surface area contributed by atoms with E-state index in [0.717, 1.165) is 7.11 Å². The average Bonchev–Trinajstić information content (AvgIpc) is 2.28. The molecule has 0 amide bonds. The summed E-state index contributed by atoms with van der Waals surface area (Å²) in [4.78, 5) is 0. The molecule has 0 saturated heterocycles. The molecule has 1 N–H and O–H groups in total. The number of hydrogen-bond donors (Lipinski definition) is 1. The number of methoxy groups -OCH3 is 1. The van der Waals surface area contributed by atoms with E-state index in [9.17, 15) is 13.2 Å². The van der Waals surface area contributed by atoms with Crippen molar-refractivity contribution in [2.24, 2.45) is 0 Å². The molecule has 1 aromatic carbocycles. The number of allylic oxidation sites excluding steroid dienone is 1. The minimum Gasteiger partial charge on any atom is -0.492 e. The number of aliphatic hydroxyl groups is 1. The highest BCUT2D eigenvalue weighted by Crippen LogP contribution is 2.34. The Labute approximate surface area is 97.3 Å². The Hall–Kier alpha value is -1.49. The Balaban J connectivity index is 3.28. The molecule has 2 nitrogen and oxygen atoms in total. The first-order valence-corrected chi connectivity index (χ1v) is 5.01. The van der Waals surface area contributed by atoms with Crippen LogP contribution in [0, 0.1) is 0 Å². The number of rotatable bonds is 4. The monoisotopic (exact) mass is 246 g/mol. The SMILES string of the molecule is CO/C(=C(/CCO)c1ccccc1)C(F)(F)F. The van der Waals surface area contributed by atoms with Crippen LogP contribution in [0.4, 0.5) is 13.2 Å². The summed E-state index contributed by atoms with van der Waals surface area (Å²) in [5.74, 6) is -1.06. The quantitative estimate of drug-likeness (QED) is 0.827. The zero-order valence-electron chi connectivity index (χ0n) is 9.29. The summed E-state index contributed by atoms with van der Waals surface area (Å²) in [6, 6.07) is 8.08. The van der Waals surface area contributed by atoms with Gasteiger partial charge in [-0.15, -0.1) is 0 Å². The summed E-state index contributed by atoms with van der Waals surface area (Å²) in [5, 5.41) is 8.85. The van der Waals surface area contributed by atoms with Crippen molar-refractivity contribution in [3.63, 3.8) is 0 Å². The van der Waals surface area contributed by atoms with Crippen LogP contribution in [0.2, 0.25) is 0 Å². The highest BCUT2D eigenvalue weighted by molar-refractivity contribution is 5.68. The summed E-state index contributed by atoms with van der Waals surface area (Å²) in [7, 11) is 0.975. The molecule has 1 aromatic rings. The van der Waals surface area contributed by atoms with Crippen molar-refractivity contribution in [3.05, 3.63) is 41.7 Å². The minimum atomic E-state index is -4.56. The Morgan fingerprint density at radius 1 is 1.24 bits per heavy atom. The second-order valence-corrected chi connectivity index (χ2v) is 3.35. The lowest BCUT2D eigenvalue weighted by Gasteiger charge is -2.16. The second kappa shape index (κ2) is 5.72. The molecular formula is C12H13F3O2. The Morgan fingerprint density at radius 3 is 2.24 bits per heavy atom. The molecule has 0 atom stereocenters. The van der Waals surface area contributed by atoms with Gasteiger partial charge in [-0.1, -0.05) is 30.3 Å². The number of halogens is 3. The van der Waals surface area contributed by atoms with Crippen molar-refractivity contribution in [1.82, 2.24) is 0 Å². The molecule has 0 heterocycles. The molecule has 0 aromatic heterocycles. The number of aliphatic hydroxyl groups excluding tert-OH is 1. The third-order valence-corrected chi connectivity index (χ3v) is 2.22. The van der Waals surface area contributed by atoms with Gasteiger partial charge in [0.1, 0.15) is 0 Å². The molecule has 0 saturated carbocycles. The van der Waals surface area contributed by atoms with Crippen molar-refractivity contribution in [3.8, 4) is 0 Å². The standard InChI is InChI=1S/C12H13F3O2/c1-17-11(12(13,14)15)10(7-8-16)9-5-3-2-4-6-9/h2-6,16H,7-8H2,1H3/b11-10-. The molecule has 0 aliphatic rings. The third-order valence-electron chi connectivity index (χ3n) is 2.22. The lowest BCUT2D eigenvalue weighted by molar-refractivity contribution is -0.125. The van der Waals surface area contributed by atoms with E-state index >= 15 is 0 Å². The zero-order chi connectivity index (χ0) is 12.9. The van der Waals surface area contributed by atoms with Crippen molar-refractivity contribution >= 4 is 5.57 Å². The number of ether oxygens (including phenoxy) is 1. The van der Waals surface area contributed by atoms with Crippen LogP contribution in [-0.2, 0) is 4.74 Å². The van der Waals surface area contributed by atoms with Gasteiger partial charge in [-0.05, 0) is 12.0 Å². The van der Waals surface area contributed by atoms with Crippen LogP contribution < -0.4 is 0 Å². The van der Waals surface area contributed by atoms with E-state index in [-0.39, 0.29) is 18.6 Å². The van der Waals surface area contributed by atoms with Gasteiger partial charge in [-0.25, -0.2) is 0 Å². The molecule has 0 unspecified atom stereocenters. The molecule has 0 bridgehead atoms. The Bertz CT molecular complexity index is 382. The van der Waals surface area contributed by atoms with Crippen molar-refractivity contribution in [1.29, 1.82) is 0 Å². The fraction of sp³-hybridized carbons (Fsp3) is 0.333. The summed E-state index contributed by atoms with van der Waals surface area (Å²) in [6.07, 6.45) is -4.66. The lowest BCUT2D eigenvalue weighted by atomic mass is 10.0. The van der Waals surface area contributed by atoms with Crippen molar-refractivity contribution in [2.75, 3.05) is 13.7 Å². The summed E-state index contributed by atoms with van der Waals surface area (Å²) in [5.41, 5.74) is 0.360. The molecule has 0 aliphatic heterocycles. The van der Waals surface area contributed by atoms with Crippen molar-refractivity contribution < 1.29 is 23.0 Å². The van der Waals surface area contributed by atoms with Crippen LogP contribution in [-0.4, -0.2) is 25.0 Å². The van der Waals surface area contributed by atoms with Gasteiger partial charge in [0.15, 0.2) is 0 Å². The number of alkyl halides is 3. The van der Waals surface area contributed by atoms with Crippen LogP contribution in [0.25, 0.3) is 5.57 Å². The van der Waals surface area contributed by atoms with E-state index in [1.807, 2.05) is 0 Å². The maximum Gasteiger partial charge on any atom is 0.449 e. The summed E-state index contributed by atoms with van der Waals surface area (Å²) in [6.45, 7) is -0.368. The second-order valence-electron chi connectivity index (χ2n) is 3.35. The van der Waals surface area contributed by atoms with Crippen LogP contribution in [0.5, 0.6) is 0 Å². The maximum absolute atomic E-state index is 12.7. The van der Waals surface area contributed by atoms with E-state index in [2.05, 4.69) is 4.74 Å². The Morgan fingerprint density at radius 2 is 1.82 bits per heavy atom. The van der Waals surface area contributed by atoms with E-state index in [1.165, 1.54) is 0 Å². The smallest absolute Gasteiger partial charge is 0.449 e. The highest BCUT2D eigenvalue weighted by Gasteiger charge is 2.38. The van der Waals surface area contributed by atoms with Gasteiger partial charge in [-0.2, -0.15) is 13.2 Å². The molecule has 1 rings (SSSR count). The van der Waals surface area contributed by atoms with Crippen LogP contribution in [0.3, 0.4) is 0 Å². The maximum atomic E-state index is 12.7. The third kappa shape index (κ3) is 3.49. The first kappa shape index (κ1) is 13.6. The molecule has 0 aliphatic carbocycles. The largest absolute Gasteiger partial charge is 0.492 e. The average molecular weight is 246 g/mol. The van der Waals surface area contributed by atoms with E-state index < -0.39 is 11.9 Å².